The van der Waals surface area contributed by atoms with Crippen LogP contribution in [0.2, 0.25) is 0 Å². The van der Waals surface area contributed by atoms with Crippen molar-refractivity contribution in [3.8, 4) is 0 Å². The van der Waals surface area contributed by atoms with Crippen LogP contribution < -0.4 is 4.72 Å². The van der Waals surface area contributed by atoms with Crippen molar-refractivity contribution in [2.24, 2.45) is 0 Å². The van der Waals surface area contributed by atoms with Crippen molar-refractivity contribution in [2.75, 3.05) is 5.88 Å². The number of hydrogen-bond acceptors (Lipinski definition) is 2. The topological polar surface area (TPSA) is 46.2 Å². The minimum Gasteiger partial charge on any atom is -0.207 e. The SMILES string of the molecule is O=S(=O)(NC1(CCl)CC1)c1cc(Br)ccc1Br. The molecule has 0 unspecified atom stereocenters. The van der Waals surface area contributed by atoms with Crippen molar-refractivity contribution in [1.29, 1.82) is 0 Å². The van der Waals surface area contributed by atoms with E-state index in [1.807, 2.05) is 0 Å². The molecule has 17 heavy (non-hydrogen) atoms. The Hall–Kier alpha value is 0.380. The standard InChI is InChI=1S/C10H10Br2ClNO2S/c11-7-1-2-8(12)9(5-7)17(15,16)14-10(6-13)3-4-10/h1-2,5,14H,3-4,6H2. The Balaban J connectivity index is 2.35. The van der Waals surface area contributed by atoms with Gasteiger partial charge < -0.3 is 0 Å². The predicted molar refractivity (Wildman–Crippen MR) is 74.8 cm³/mol. The summed E-state index contributed by atoms with van der Waals surface area (Å²) in [4.78, 5) is 0.225. The molecular weight excluding hydrogens is 393 g/mol. The van der Waals surface area contributed by atoms with E-state index in [4.69, 9.17) is 11.6 Å². The van der Waals surface area contributed by atoms with Gasteiger partial charge in [-0.3, -0.25) is 0 Å². The zero-order valence-corrected chi connectivity index (χ0v) is 13.5. The van der Waals surface area contributed by atoms with E-state index in [1.165, 1.54) is 0 Å². The first-order valence-electron chi connectivity index (χ1n) is 4.94. The highest BCUT2D eigenvalue weighted by atomic mass is 79.9. The Morgan fingerprint density at radius 2 is 2.00 bits per heavy atom. The lowest BCUT2D eigenvalue weighted by Gasteiger charge is -2.15. The number of benzene rings is 1. The molecule has 1 aliphatic rings. The van der Waals surface area contributed by atoms with Gasteiger partial charge in [-0.25, -0.2) is 13.1 Å². The van der Waals surface area contributed by atoms with Crippen LogP contribution in [-0.2, 0) is 10.0 Å². The Morgan fingerprint density at radius 1 is 1.35 bits per heavy atom. The lowest BCUT2D eigenvalue weighted by atomic mass is 10.4. The molecule has 1 fully saturated rings. The average Bonchev–Trinajstić information content (AvgIpc) is 3.01. The molecule has 2 rings (SSSR count). The van der Waals surface area contributed by atoms with Crippen LogP contribution in [0.15, 0.2) is 32.0 Å². The third-order valence-electron chi connectivity index (χ3n) is 2.64. The van der Waals surface area contributed by atoms with Crippen LogP contribution in [-0.4, -0.2) is 19.8 Å². The number of rotatable bonds is 4. The van der Waals surface area contributed by atoms with Crippen LogP contribution in [0.25, 0.3) is 0 Å². The minimum atomic E-state index is -3.53. The number of sulfonamides is 1. The first-order chi connectivity index (χ1) is 7.88. The van der Waals surface area contributed by atoms with Gasteiger partial charge in [0.2, 0.25) is 10.0 Å². The summed E-state index contributed by atoms with van der Waals surface area (Å²) in [6.45, 7) is 0. The Labute approximate surface area is 122 Å². The van der Waals surface area contributed by atoms with E-state index in [-0.39, 0.29) is 4.90 Å². The van der Waals surface area contributed by atoms with E-state index in [0.29, 0.717) is 10.4 Å². The summed E-state index contributed by atoms with van der Waals surface area (Å²) in [5, 5.41) is 0. The third-order valence-corrected chi connectivity index (χ3v) is 6.22. The van der Waals surface area contributed by atoms with Gasteiger partial charge in [0.1, 0.15) is 0 Å². The summed E-state index contributed by atoms with van der Waals surface area (Å²) >= 11 is 12.3. The van der Waals surface area contributed by atoms with Crippen LogP contribution in [0.3, 0.4) is 0 Å². The molecule has 1 aliphatic carbocycles. The lowest BCUT2D eigenvalue weighted by molar-refractivity contribution is 0.559. The van der Waals surface area contributed by atoms with Gasteiger partial charge >= 0.3 is 0 Å². The van der Waals surface area contributed by atoms with Crippen molar-refractivity contribution in [3.05, 3.63) is 27.1 Å². The zero-order chi connectivity index (χ0) is 12.7. The maximum Gasteiger partial charge on any atom is 0.242 e. The molecule has 1 aromatic rings. The van der Waals surface area contributed by atoms with Gasteiger partial charge in [-0.2, -0.15) is 0 Å². The Bertz CT molecular complexity index is 543. The maximum absolute atomic E-state index is 12.2. The van der Waals surface area contributed by atoms with Gasteiger partial charge in [0.25, 0.3) is 0 Å². The highest BCUT2D eigenvalue weighted by Crippen LogP contribution is 2.38. The zero-order valence-electron chi connectivity index (χ0n) is 8.71. The first kappa shape index (κ1) is 13.8. The summed E-state index contributed by atoms with van der Waals surface area (Å²) < 4.78 is 28.3. The van der Waals surface area contributed by atoms with Gasteiger partial charge in [-0.05, 0) is 47.0 Å². The van der Waals surface area contributed by atoms with Crippen molar-refractivity contribution in [3.63, 3.8) is 0 Å². The van der Waals surface area contributed by atoms with Gasteiger partial charge in [-0.15, -0.1) is 11.6 Å². The number of hydrogen-bond donors (Lipinski definition) is 1. The third kappa shape index (κ3) is 3.04. The Kier molecular flexibility index (Phi) is 3.91. The highest BCUT2D eigenvalue weighted by Gasteiger charge is 2.45. The maximum atomic E-state index is 12.2. The molecule has 0 spiro atoms. The van der Waals surface area contributed by atoms with E-state index >= 15 is 0 Å². The summed E-state index contributed by atoms with van der Waals surface area (Å²) in [6, 6.07) is 5.03. The summed E-state index contributed by atoms with van der Waals surface area (Å²) in [5.41, 5.74) is -0.442. The molecule has 0 saturated heterocycles. The molecular formula is C10H10Br2ClNO2S. The summed E-state index contributed by atoms with van der Waals surface area (Å²) in [5.74, 6) is 0.303. The number of halogens is 3. The smallest absolute Gasteiger partial charge is 0.207 e. The lowest BCUT2D eigenvalue weighted by Crippen LogP contribution is -2.38. The molecule has 94 valence electrons. The summed E-state index contributed by atoms with van der Waals surface area (Å²) in [7, 11) is -3.53. The van der Waals surface area contributed by atoms with Crippen molar-refractivity contribution < 1.29 is 8.42 Å². The van der Waals surface area contributed by atoms with Gasteiger partial charge in [0, 0.05) is 20.4 Å². The van der Waals surface area contributed by atoms with Gasteiger partial charge in [-0.1, -0.05) is 15.9 Å². The quantitative estimate of drug-likeness (QED) is 0.785. The average molecular weight is 404 g/mol. The van der Waals surface area contributed by atoms with Crippen LogP contribution in [0, 0.1) is 0 Å². The van der Waals surface area contributed by atoms with Crippen molar-refractivity contribution in [1.82, 2.24) is 4.72 Å². The summed E-state index contributed by atoms with van der Waals surface area (Å²) in [6.07, 6.45) is 1.59. The molecule has 0 aliphatic heterocycles. The molecule has 0 radical (unpaired) electrons. The predicted octanol–water partition coefficient (Wildman–Crippen LogP) is 3.26. The number of alkyl halides is 1. The molecule has 1 aromatic carbocycles. The fourth-order valence-corrected chi connectivity index (χ4v) is 4.81. The van der Waals surface area contributed by atoms with Gasteiger partial charge in [0.05, 0.1) is 4.90 Å². The minimum absolute atomic E-state index is 0.225. The monoisotopic (exact) mass is 401 g/mol. The molecule has 1 saturated carbocycles. The fourth-order valence-electron chi connectivity index (χ4n) is 1.44. The largest absolute Gasteiger partial charge is 0.242 e. The molecule has 3 nitrogen and oxygen atoms in total. The van der Waals surface area contributed by atoms with E-state index in [1.54, 1.807) is 18.2 Å². The molecule has 0 atom stereocenters. The molecule has 0 amide bonds. The van der Waals surface area contributed by atoms with Crippen LogP contribution in [0.1, 0.15) is 12.8 Å². The Morgan fingerprint density at radius 3 is 2.53 bits per heavy atom. The second-order valence-corrected chi connectivity index (χ2v) is 7.78. The molecule has 0 aromatic heterocycles. The van der Waals surface area contributed by atoms with Gasteiger partial charge in [0.15, 0.2) is 0 Å². The molecule has 0 bridgehead atoms. The van der Waals surface area contributed by atoms with Crippen molar-refractivity contribution in [2.45, 2.75) is 23.3 Å². The molecule has 1 N–H and O–H groups in total. The number of nitrogens with one attached hydrogen (secondary N) is 1. The first-order valence-corrected chi connectivity index (χ1v) is 8.54. The van der Waals surface area contributed by atoms with E-state index in [9.17, 15) is 8.42 Å². The fraction of sp³-hybridized carbons (Fsp3) is 0.400. The second kappa shape index (κ2) is 4.81. The van der Waals surface area contributed by atoms with Crippen LogP contribution in [0.5, 0.6) is 0 Å². The normalized spacial score (nSPS) is 18.1. The molecule has 0 heterocycles. The second-order valence-electron chi connectivity index (χ2n) is 4.09. The van der Waals surface area contributed by atoms with Crippen LogP contribution >= 0.6 is 43.5 Å². The van der Waals surface area contributed by atoms with Crippen molar-refractivity contribution >= 4 is 53.5 Å². The van der Waals surface area contributed by atoms with E-state index in [2.05, 4.69) is 36.6 Å². The highest BCUT2D eigenvalue weighted by molar-refractivity contribution is 9.11. The van der Waals surface area contributed by atoms with E-state index < -0.39 is 15.6 Å². The van der Waals surface area contributed by atoms with E-state index in [0.717, 1.165) is 17.3 Å². The molecule has 7 heteroatoms. The van der Waals surface area contributed by atoms with Crippen LogP contribution in [0.4, 0.5) is 0 Å².